The highest BCUT2D eigenvalue weighted by atomic mass is 35.5. The third kappa shape index (κ3) is 4.78. The number of esters is 1. The van der Waals surface area contributed by atoms with Gasteiger partial charge in [-0.05, 0) is 13.8 Å². The lowest BCUT2D eigenvalue weighted by molar-refractivity contribution is -0.135. The number of carbonyl (C=O) groups excluding carboxylic acids is 2. The molecular weight excluding hydrogens is 306 g/mol. The Balaban J connectivity index is 2.91. The van der Waals surface area contributed by atoms with E-state index in [4.69, 9.17) is 21.2 Å². The van der Waals surface area contributed by atoms with Crippen LogP contribution in [0.3, 0.4) is 0 Å². The van der Waals surface area contributed by atoms with Gasteiger partial charge in [0.1, 0.15) is 18.2 Å². The number of hydrogen-bond donors (Lipinski definition) is 1. The van der Waals surface area contributed by atoms with E-state index in [-0.39, 0.29) is 29.8 Å². The maximum atomic E-state index is 11.8. The predicted octanol–water partition coefficient (Wildman–Crippen LogP) is 1.62. The first-order valence-electron chi connectivity index (χ1n) is 5.81. The van der Waals surface area contributed by atoms with Gasteiger partial charge in [0, 0.05) is 5.38 Å². The Morgan fingerprint density at radius 2 is 2.20 bits per heavy atom. The van der Waals surface area contributed by atoms with Crippen LogP contribution in [0.2, 0.25) is 0 Å². The van der Waals surface area contributed by atoms with E-state index >= 15 is 0 Å². The number of carbonyl (C=O) groups is 2. The van der Waals surface area contributed by atoms with Gasteiger partial charge in [-0.25, -0.2) is 9.78 Å². The Labute approximate surface area is 124 Å². The van der Waals surface area contributed by atoms with Gasteiger partial charge in [-0.2, -0.15) is 0 Å². The van der Waals surface area contributed by atoms with Gasteiger partial charge in [0.2, 0.25) is 11.6 Å². The molecule has 0 atom stereocenters. The zero-order valence-electron chi connectivity index (χ0n) is 11.0. The molecule has 1 rings (SSSR count). The van der Waals surface area contributed by atoms with Gasteiger partial charge >= 0.3 is 5.97 Å². The molecule has 0 saturated carbocycles. The third-order valence-corrected chi connectivity index (χ3v) is 2.87. The minimum Gasteiger partial charge on any atom is -0.461 e. The Hall–Kier alpha value is -1.67. The van der Waals surface area contributed by atoms with Crippen molar-refractivity contribution >= 4 is 45.7 Å². The molecule has 0 radical (unpaired) electrons. The monoisotopic (exact) mass is 319 g/mol. The molecule has 0 aliphatic carbocycles. The fraction of sp³-hybridized carbons (Fsp3) is 0.455. The molecule has 0 bridgehead atoms. The summed E-state index contributed by atoms with van der Waals surface area (Å²) in [5, 5.41) is 8.06. The smallest absolute Gasteiger partial charge is 0.362 e. The molecule has 0 aliphatic rings. The summed E-state index contributed by atoms with van der Waals surface area (Å²) in [7, 11) is 0. The van der Waals surface area contributed by atoms with Crippen molar-refractivity contribution in [2.45, 2.75) is 13.8 Å². The quantitative estimate of drug-likeness (QED) is 0.357. The number of halogens is 1. The highest BCUT2D eigenvalue weighted by Gasteiger charge is 2.20. The number of anilines is 1. The fourth-order valence-corrected chi connectivity index (χ4v) is 1.89. The maximum absolute atomic E-state index is 11.8. The summed E-state index contributed by atoms with van der Waals surface area (Å²) >= 11 is 6.52. The van der Waals surface area contributed by atoms with Crippen LogP contribution in [0.25, 0.3) is 0 Å². The van der Waals surface area contributed by atoms with Gasteiger partial charge in [0.25, 0.3) is 0 Å². The first kappa shape index (κ1) is 16.4. The number of nitrogens with zero attached hydrogens (tertiary/aromatic N) is 2. The topological polar surface area (TPSA) is 89.9 Å². The van der Waals surface area contributed by atoms with Gasteiger partial charge < -0.3 is 14.9 Å². The number of amides is 1. The lowest BCUT2D eigenvalue weighted by atomic mass is 10.3. The molecule has 1 aromatic heterocycles. The first-order chi connectivity index (χ1) is 9.62. The van der Waals surface area contributed by atoms with Crippen molar-refractivity contribution < 1.29 is 19.2 Å². The van der Waals surface area contributed by atoms with Crippen molar-refractivity contribution in [3.8, 4) is 0 Å². The van der Waals surface area contributed by atoms with E-state index in [2.05, 4.69) is 15.5 Å². The molecular formula is C11H14ClN3O4S. The molecule has 0 fully saturated rings. The van der Waals surface area contributed by atoms with E-state index in [0.717, 1.165) is 11.3 Å². The Morgan fingerprint density at radius 1 is 1.45 bits per heavy atom. The van der Waals surface area contributed by atoms with Crippen LogP contribution in [-0.4, -0.2) is 41.7 Å². The number of alkyl halides is 1. The van der Waals surface area contributed by atoms with Gasteiger partial charge in [0.15, 0.2) is 5.13 Å². The molecule has 0 saturated heterocycles. The molecule has 0 aromatic carbocycles. The van der Waals surface area contributed by atoms with Gasteiger partial charge in [-0.3, -0.25) is 4.79 Å². The summed E-state index contributed by atoms with van der Waals surface area (Å²) in [5.74, 6) is -1.19. The van der Waals surface area contributed by atoms with Crippen LogP contribution >= 0.6 is 22.9 Å². The molecule has 1 amide bonds. The minimum absolute atomic E-state index is 0.0451. The summed E-state index contributed by atoms with van der Waals surface area (Å²) in [6.07, 6.45) is 0. The number of ether oxygens (including phenoxy) is 1. The number of rotatable bonds is 7. The van der Waals surface area contributed by atoms with Gasteiger partial charge in [-0.15, -0.1) is 22.9 Å². The average molecular weight is 320 g/mol. The Morgan fingerprint density at radius 3 is 2.80 bits per heavy atom. The Kier molecular flexibility index (Phi) is 6.96. The zero-order chi connectivity index (χ0) is 15.0. The second-order valence-corrected chi connectivity index (χ2v) is 4.42. The van der Waals surface area contributed by atoms with Crippen LogP contribution < -0.4 is 5.32 Å². The second kappa shape index (κ2) is 8.49. The van der Waals surface area contributed by atoms with Crippen molar-refractivity contribution in [2.75, 3.05) is 24.4 Å². The third-order valence-electron chi connectivity index (χ3n) is 1.87. The zero-order valence-corrected chi connectivity index (χ0v) is 12.6. The molecule has 0 spiro atoms. The van der Waals surface area contributed by atoms with E-state index in [1.807, 2.05) is 0 Å². The van der Waals surface area contributed by atoms with E-state index in [1.165, 1.54) is 0 Å². The van der Waals surface area contributed by atoms with Crippen molar-refractivity contribution in [2.24, 2.45) is 5.16 Å². The van der Waals surface area contributed by atoms with Crippen molar-refractivity contribution in [3.63, 3.8) is 0 Å². The highest BCUT2D eigenvalue weighted by molar-refractivity contribution is 7.14. The average Bonchev–Trinajstić information content (AvgIpc) is 2.87. The standard InChI is InChI=1S/C11H14ClN3O4S/c1-3-18-10(17)9(15-19-4-2)7-6-20-11(13-7)14-8(16)5-12/h6H,3-5H2,1-2H3,(H,13,14,16)/b15-9-. The summed E-state index contributed by atoms with van der Waals surface area (Å²) in [6.45, 7) is 3.94. The van der Waals surface area contributed by atoms with Crippen molar-refractivity contribution in [1.82, 2.24) is 4.98 Å². The fourth-order valence-electron chi connectivity index (χ4n) is 1.11. The predicted molar refractivity (Wildman–Crippen MR) is 76.3 cm³/mol. The molecule has 1 N–H and O–H groups in total. The number of thiazole rings is 1. The highest BCUT2D eigenvalue weighted by Crippen LogP contribution is 2.17. The summed E-state index contributed by atoms with van der Waals surface area (Å²) in [5.41, 5.74) is 0.225. The second-order valence-electron chi connectivity index (χ2n) is 3.30. The summed E-state index contributed by atoms with van der Waals surface area (Å²) < 4.78 is 4.87. The van der Waals surface area contributed by atoms with Crippen LogP contribution in [-0.2, 0) is 19.2 Å². The molecule has 1 heterocycles. The number of hydrogen-bond acceptors (Lipinski definition) is 7. The van der Waals surface area contributed by atoms with Crippen molar-refractivity contribution in [3.05, 3.63) is 11.1 Å². The molecule has 9 heteroatoms. The SMILES string of the molecule is CCO/N=C(\C(=O)OCC)c1csc(NC(=O)CCl)n1. The largest absolute Gasteiger partial charge is 0.461 e. The minimum atomic E-state index is -0.638. The number of oxime groups is 1. The Bertz CT molecular complexity index is 504. The molecule has 0 unspecified atom stereocenters. The molecule has 0 aliphatic heterocycles. The lowest BCUT2D eigenvalue weighted by Gasteiger charge is -2.03. The molecule has 110 valence electrons. The van der Waals surface area contributed by atoms with E-state index in [0.29, 0.717) is 11.7 Å². The molecule has 20 heavy (non-hydrogen) atoms. The van der Waals surface area contributed by atoms with Crippen LogP contribution in [0.4, 0.5) is 5.13 Å². The normalized spacial score (nSPS) is 11.1. The number of nitrogens with one attached hydrogen (secondary N) is 1. The van der Waals surface area contributed by atoms with E-state index in [1.54, 1.807) is 19.2 Å². The van der Waals surface area contributed by atoms with E-state index in [9.17, 15) is 9.59 Å². The maximum Gasteiger partial charge on any atom is 0.362 e. The van der Waals surface area contributed by atoms with Crippen molar-refractivity contribution in [1.29, 1.82) is 0 Å². The van der Waals surface area contributed by atoms with Crippen LogP contribution in [0.15, 0.2) is 10.5 Å². The van der Waals surface area contributed by atoms with Crippen LogP contribution in [0.1, 0.15) is 19.5 Å². The van der Waals surface area contributed by atoms with Gasteiger partial charge in [0.05, 0.1) is 6.61 Å². The van der Waals surface area contributed by atoms with Crippen LogP contribution in [0.5, 0.6) is 0 Å². The first-order valence-corrected chi connectivity index (χ1v) is 7.22. The van der Waals surface area contributed by atoms with E-state index < -0.39 is 5.97 Å². The van der Waals surface area contributed by atoms with Gasteiger partial charge in [-0.1, -0.05) is 5.16 Å². The summed E-state index contributed by atoms with van der Waals surface area (Å²) in [6, 6.07) is 0. The van der Waals surface area contributed by atoms with Crippen LogP contribution in [0, 0.1) is 0 Å². The molecule has 1 aromatic rings. The lowest BCUT2D eigenvalue weighted by Crippen LogP contribution is -2.20. The molecule has 7 nitrogen and oxygen atoms in total. The summed E-state index contributed by atoms with van der Waals surface area (Å²) in [4.78, 5) is 31.8. The number of aromatic nitrogens is 1.